The van der Waals surface area contributed by atoms with Gasteiger partial charge < -0.3 is 10.6 Å². The summed E-state index contributed by atoms with van der Waals surface area (Å²) in [5.41, 5.74) is 12.2. The molecule has 3 rings (SSSR count). The van der Waals surface area contributed by atoms with Gasteiger partial charge in [0.1, 0.15) is 0 Å². The number of hydrogen-bond acceptors (Lipinski definition) is 3. The third-order valence-corrected chi connectivity index (χ3v) is 5.11. The summed E-state index contributed by atoms with van der Waals surface area (Å²) >= 11 is 0. The zero-order valence-corrected chi connectivity index (χ0v) is 17.9. The second-order valence-corrected chi connectivity index (χ2v) is 7.87. The van der Waals surface area contributed by atoms with Gasteiger partial charge in [0, 0.05) is 11.4 Å². The lowest BCUT2D eigenvalue weighted by Gasteiger charge is -2.15. The van der Waals surface area contributed by atoms with Crippen molar-refractivity contribution in [1.82, 2.24) is 4.98 Å². The van der Waals surface area contributed by atoms with E-state index in [1.54, 1.807) is 0 Å². The van der Waals surface area contributed by atoms with Gasteiger partial charge in [0.15, 0.2) is 0 Å². The number of benzene rings is 2. The van der Waals surface area contributed by atoms with E-state index in [0.29, 0.717) is 0 Å². The second-order valence-electron chi connectivity index (χ2n) is 7.87. The Balaban J connectivity index is 1.68. The van der Waals surface area contributed by atoms with Gasteiger partial charge >= 0.3 is 0 Å². The summed E-state index contributed by atoms with van der Waals surface area (Å²) < 4.78 is 0. The molecule has 146 valence electrons. The molecule has 0 aliphatic rings. The summed E-state index contributed by atoms with van der Waals surface area (Å²) in [7, 11) is 0. The fraction of sp³-hybridized carbons (Fsp3) is 0.320. The molecule has 0 amide bonds. The Hall–Kier alpha value is -2.81. The molecular weight excluding hydrogens is 342 g/mol. The van der Waals surface area contributed by atoms with E-state index in [2.05, 4.69) is 94.6 Å². The number of pyridine rings is 1. The number of rotatable bonds is 6. The van der Waals surface area contributed by atoms with Crippen molar-refractivity contribution in [3.8, 4) is 0 Å². The van der Waals surface area contributed by atoms with Crippen LogP contribution in [0, 0.1) is 41.5 Å². The highest BCUT2D eigenvalue weighted by Gasteiger charge is 2.06. The van der Waals surface area contributed by atoms with E-state index in [-0.39, 0.29) is 0 Å². The monoisotopic (exact) mass is 373 g/mol. The van der Waals surface area contributed by atoms with Crippen molar-refractivity contribution in [1.29, 1.82) is 0 Å². The highest BCUT2D eigenvalue weighted by Crippen LogP contribution is 2.23. The van der Waals surface area contributed by atoms with Crippen LogP contribution in [0.1, 0.15) is 44.8 Å². The van der Waals surface area contributed by atoms with E-state index in [1.807, 2.05) is 0 Å². The maximum Gasteiger partial charge on any atom is 0.0598 e. The van der Waals surface area contributed by atoms with Crippen molar-refractivity contribution in [3.63, 3.8) is 0 Å². The van der Waals surface area contributed by atoms with E-state index in [9.17, 15) is 0 Å². The van der Waals surface area contributed by atoms with Gasteiger partial charge in [-0.3, -0.25) is 4.98 Å². The molecule has 2 N–H and O–H groups in total. The van der Waals surface area contributed by atoms with Crippen LogP contribution in [0.3, 0.4) is 0 Å². The number of aromatic nitrogens is 1. The largest absolute Gasteiger partial charge is 0.379 e. The Morgan fingerprint density at radius 3 is 1.32 bits per heavy atom. The zero-order valence-electron chi connectivity index (χ0n) is 17.9. The first kappa shape index (κ1) is 19.9. The fourth-order valence-corrected chi connectivity index (χ4v) is 4.00. The quantitative estimate of drug-likeness (QED) is 0.543. The average Bonchev–Trinajstić information content (AvgIpc) is 2.60. The summed E-state index contributed by atoms with van der Waals surface area (Å²) in [4.78, 5) is 4.83. The SMILES string of the molecule is Cc1cc(C)c(NCc2cccc(CNc3c(C)cc(C)cc3C)n2)c(C)c1. The van der Waals surface area contributed by atoms with Gasteiger partial charge in [-0.25, -0.2) is 0 Å². The predicted molar refractivity (Wildman–Crippen MR) is 120 cm³/mol. The van der Waals surface area contributed by atoms with Crippen LogP contribution in [0.4, 0.5) is 11.4 Å². The first-order valence-electron chi connectivity index (χ1n) is 9.91. The maximum atomic E-state index is 4.83. The molecular formula is C25H31N3. The van der Waals surface area contributed by atoms with Crippen LogP contribution < -0.4 is 10.6 Å². The van der Waals surface area contributed by atoms with Crippen LogP contribution in [0.25, 0.3) is 0 Å². The van der Waals surface area contributed by atoms with Crippen LogP contribution >= 0.6 is 0 Å². The Bertz CT molecular complexity index is 866. The molecule has 0 bridgehead atoms. The summed E-state index contributed by atoms with van der Waals surface area (Å²) in [6.07, 6.45) is 0. The molecule has 1 aromatic heterocycles. The summed E-state index contributed by atoms with van der Waals surface area (Å²) in [6, 6.07) is 15.1. The Morgan fingerprint density at radius 2 is 0.964 bits per heavy atom. The van der Waals surface area contributed by atoms with Gasteiger partial charge in [-0.1, -0.05) is 41.5 Å². The molecule has 2 aromatic carbocycles. The highest BCUT2D eigenvalue weighted by atomic mass is 14.9. The van der Waals surface area contributed by atoms with Crippen molar-refractivity contribution >= 4 is 11.4 Å². The minimum atomic E-state index is 0.723. The van der Waals surface area contributed by atoms with Gasteiger partial charge in [-0.15, -0.1) is 0 Å². The van der Waals surface area contributed by atoms with E-state index < -0.39 is 0 Å². The summed E-state index contributed by atoms with van der Waals surface area (Å²) in [5.74, 6) is 0. The van der Waals surface area contributed by atoms with Crippen molar-refractivity contribution in [2.75, 3.05) is 10.6 Å². The topological polar surface area (TPSA) is 37.0 Å². The maximum absolute atomic E-state index is 4.83. The Kier molecular flexibility index (Phi) is 6.03. The van der Waals surface area contributed by atoms with Crippen LogP contribution in [0.2, 0.25) is 0 Å². The van der Waals surface area contributed by atoms with Crippen molar-refractivity contribution in [2.24, 2.45) is 0 Å². The lowest BCUT2D eigenvalue weighted by Crippen LogP contribution is -2.09. The lowest BCUT2D eigenvalue weighted by molar-refractivity contribution is 0.961. The van der Waals surface area contributed by atoms with Gasteiger partial charge in [-0.05, 0) is 75.9 Å². The molecule has 28 heavy (non-hydrogen) atoms. The van der Waals surface area contributed by atoms with Crippen molar-refractivity contribution in [3.05, 3.63) is 87.2 Å². The lowest BCUT2D eigenvalue weighted by atomic mass is 10.0. The second kappa shape index (κ2) is 8.47. The van der Waals surface area contributed by atoms with Crippen LogP contribution in [0.15, 0.2) is 42.5 Å². The molecule has 1 heterocycles. The van der Waals surface area contributed by atoms with Gasteiger partial charge in [0.25, 0.3) is 0 Å². The molecule has 0 saturated heterocycles. The Morgan fingerprint density at radius 1 is 0.607 bits per heavy atom. The fourth-order valence-electron chi connectivity index (χ4n) is 4.00. The third-order valence-electron chi connectivity index (χ3n) is 5.11. The van der Waals surface area contributed by atoms with Crippen molar-refractivity contribution < 1.29 is 0 Å². The first-order valence-corrected chi connectivity index (χ1v) is 9.91. The van der Waals surface area contributed by atoms with Crippen LogP contribution in [0.5, 0.6) is 0 Å². The van der Waals surface area contributed by atoms with E-state index in [1.165, 1.54) is 44.8 Å². The molecule has 0 unspecified atom stereocenters. The predicted octanol–water partition coefficient (Wildman–Crippen LogP) is 6.16. The van der Waals surface area contributed by atoms with E-state index >= 15 is 0 Å². The molecule has 0 radical (unpaired) electrons. The van der Waals surface area contributed by atoms with E-state index in [0.717, 1.165) is 24.5 Å². The van der Waals surface area contributed by atoms with Gasteiger partial charge in [-0.2, -0.15) is 0 Å². The molecule has 0 aliphatic heterocycles. The number of nitrogens with one attached hydrogen (secondary N) is 2. The highest BCUT2D eigenvalue weighted by molar-refractivity contribution is 5.59. The zero-order chi connectivity index (χ0) is 20.3. The van der Waals surface area contributed by atoms with Gasteiger partial charge in [0.05, 0.1) is 24.5 Å². The first-order chi connectivity index (χ1) is 13.3. The Labute approximate surface area is 169 Å². The molecule has 3 heteroatoms. The minimum Gasteiger partial charge on any atom is -0.379 e. The number of aryl methyl sites for hydroxylation is 6. The third kappa shape index (κ3) is 4.72. The van der Waals surface area contributed by atoms with E-state index in [4.69, 9.17) is 4.98 Å². The molecule has 0 fully saturated rings. The van der Waals surface area contributed by atoms with Crippen LogP contribution in [-0.4, -0.2) is 4.98 Å². The molecule has 3 nitrogen and oxygen atoms in total. The normalized spacial score (nSPS) is 10.8. The number of hydrogen-bond donors (Lipinski definition) is 2. The smallest absolute Gasteiger partial charge is 0.0598 e. The standard InChI is InChI=1S/C25H31N3/c1-16-10-18(3)24(19(4)11-16)26-14-22-8-7-9-23(28-22)15-27-25-20(5)12-17(2)13-21(25)6/h7-13,26-27H,14-15H2,1-6H3. The van der Waals surface area contributed by atoms with Crippen molar-refractivity contribution in [2.45, 2.75) is 54.6 Å². The summed E-state index contributed by atoms with van der Waals surface area (Å²) in [5, 5.41) is 7.13. The molecule has 0 aliphatic carbocycles. The molecule has 0 atom stereocenters. The van der Waals surface area contributed by atoms with Gasteiger partial charge in [0.2, 0.25) is 0 Å². The number of anilines is 2. The number of nitrogens with zero attached hydrogens (tertiary/aromatic N) is 1. The average molecular weight is 374 g/mol. The molecule has 0 spiro atoms. The van der Waals surface area contributed by atoms with Crippen LogP contribution in [-0.2, 0) is 13.1 Å². The minimum absolute atomic E-state index is 0.723. The molecule has 0 saturated carbocycles. The molecule has 3 aromatic rings. The summed E-state index contributed by atoms with van der Waals surface area (Å²) in [6.45, 7) is 14.3.